The second-order valence-corrected chi connectivity index (χ2v) is 12.7. The number of sulfonamides is 1. The van der Waals surface area contributed by atoms with Crippen LogP contribution in [0, 0.1) is 12.7 Å². The summed E-state index contributed by atoms with van der Waals surface area (Å²) in [4.78, 5) is 28.8. The molecule has 8 nitrogen and oxygen atoms in total. The molecule has 1 atom stereocenters. The maximum atomic E-state index is 14.1. The molecule has 3 rings (SSSR count). The highest BCUT2D eigenvalue weighted by molar-refractivity contribution is 7.92. The lowest BCUT2D eigenvalue weighted by molar-refractivity contribution is -0.141. The fourth-order valence-corrected chi connectivity index (χ4v) is 5.73. The van der Waals surface area contributed by atoms with Crippen molar-refractivity contribution in [2.45, 2.75) is 64.1 Å². The SMILES string of the molecule is CC[C@@H](C(=O)NC(C)(C)C)N(Cc1cccc(OC)c1)C(=O)CN(c1ccc(F)cc1)S(=O)(=O)c1ccc(C)cc1. The highest BCUT2D eigenvalue weighted by Crippen LogP contribution is 2.26. The van der Waals surface area contributed by atoms with Gasteiger partial charge < -0.3 is 15.0 Å². The zero-order valence-corrected chi connectivity index (χ0v) is 25.2. The van der Waals surface area contributed by atoms with Crippen LogP contribution in [0.1, 0.15) is 45.2 Å². The van der Waals surface area contributed by atoms with Crippen molar-refractivity contribution in [3.05, 3.63) is 89.7 Å². The van der Waals surface area contributed by atoms with Gasteiger partial charge in [-0.2, -0.15) is 0 Å². The highest BCUT2D eigenvalue weighted by atomic mass is 32.2. The maximum Gasteiger partial charge on any atom is 0.264 e. The number of nitrogens with one attached hydrogen (secondary N) is 1. The third kappa shape index (κ3) is 8.29. The molecule has 220 valence electrons. The Labute approximate surface area is 242 Å². The van der Waals surface area contributed by atoms with E-state index in [1.165, 1.54) is 36.3 Å². The van der Waals surface area contributed by atoms with E-state index < -0.39 is 39.9 Å². The number of carbonyl (C=O) groups is 2. The lowest BCUT2D eigenvalue weighted by Gasteiger charge is -2.34. The van der Waals surface area contributed by atoms with E-state index in [1.54, 1.807) is 43.3 Å². The number of nitrogens with zero attached hydrogens (tertiary/aromatic N) is 2. The summed E-state index contributed by atoms with van der Waals surface area (Å²) in [6.07, 6.45) is 0.291. The molecule has 0 aliphatic carbocycles. The van der Waals surface area contributed by atoms with Gasteiger partial charge in [0.2, 0.25) is 11.8 Å². The highest BCUT2D eigenvalue weighted by Gasteiger charge is 2.34. The average Bonchev–Trinajstić information content (AvgIpc) is 2.91. The molecule has 0 fully saturated rings. The summed E-state index contributed by atoms with van der Waals surface area (Å²) < 4.78 is 47.8. The minimum atomic E-state index is -4.23. The van der Waals surface area contributed by atoms with Gasteiger partial charge in [0, 0.05) is 12.1 Å². The summed E-state index contributed by atoms with van der Waals surface area (Å²) in [6.45, 7) is 8.59. The number of rotatable bonds is 11. The first-order valence-corrected chi connectivity index (χ1v) is 14.8. The standard InChI is InChI=1S/C31H38FN3O5S/c1-7-28(30(37)33-31(3,4)5)34(20-23-9-8-10-26(19-23)40-6)29(36)21-35(25-15-13-24(32)14-16-25)41(38,39)27-17-11-22(2)12-18-27/h8-19,28H,7,20-21H2,1-6H3,(H,33,37)/t28-/m0/s1. The molecular weight excluding hydrogens is 545 g/mol. The Balaban J connectivity index is 2.07. The molecule has 0 saturated heterocycles. The molecule has 10 heteroatoms. The number of carbonyl (C=O) groups excluding carboxylic acids is 2. The Morgan fingerprint density at radius 2 is 1.63 bits per heavy atom. The molecule has 0 radical (unpaired) electrons. The fraction of sp³-hybridized carbons (Fsp3) is 0.355. The van der Waals surface area contributed by atoms with Gasteiger partial charge in [-0.25, -0.2) is 12.8 Å². The molecule has 3 aromatic carbocycles. The van der Waals surface area contributed by atoms with E-state index in [9.17, 15) is 22.4 Å². The quantitative estimate of drug-likeness (QED) is 0.341. The Morgan fingerprint density at radius 3 is 2.20 bits per heavy atom. The number of halogens is 1. The van der Waals surface area contributed by atoms with Gasteiger partial charge in [-0.05, 0) is 88.2 Å². The molecule has 0 spiro atoms. The minimum absolute atomic E-state index is 0.0166. The van der Waals surface area contributed by atoms with Crippen molar-refractivity contribution in [2.75, 3.05) is 18.0 Å². The van der Waals surface area contributed by atoms with Crippen molar-refractivity contribution in [3.63, 3.8) is 0 Å². The van der Waals surface area contributed by atoms with Gasteiger partial charge in [-0.1, -0.05) is 36.8 Å². The predicted molar refractivity (Wildman–Crippen MR) is 158 cm³/mol. The Hall–Kier alpha value is -3.92. The molecule has 0 aliphatic heterocycles. The van der Waals surface area contributed by atoms with E-state index in [0.29, 0.717) is 17.7 Å². The fourth-order valence-electron chi connectivity index (χ4n) is 4.31. The Morgan fingerprint density at radius 1 is 1.00 bits per heavy atom. The third-order valence-corrected chi connectivity index (χ3v) is 8.16. The van der Waals surface area contributed by atoms with Crippen LogP contribution in [0.5, 0.6) is 5.75 Å². The number of hydrogen-bond donors (Lipinski definition) is 1. The van der Waals surface area contributed by atoms with Gasteiger partial charge in [0.15, 0.2) is 0 Å². The van der Waals surface area contributed by atoms with Crippen LogP contribution < -0.4 is 14.4 Å². The van der Waals surface area contributed by atoms with Crippen molar-refractivity contribution in [3.8, 4) is 5.75 Å². The number of anilines is 1. The largest absolute Gasteiger partial charge is 0.497 e. The normalized spacial score (nSPS) is 12.4. The van der Waals surface area contributed by atoms with Gasteiger partial charge in [-0.3, -0.25) is 13.9 Å². The molecule has 0 aromatic heterocycles. The van der Waals surface area contributed by atoms with E-state index >= 15 is 0 Å². The Bertz CT molecular complexity index is 1450. The first-order chi connectivity index (χ1) is 19.2. The second kappa shape index (κ2) is 13.2. The third-order valence-electron chi connectivity index (χ3n) is 6.37. The lowest BCUT2D eigenvalue weighted by Crippen LogP contribution is -2.55. The van der Waals surface area contributed by atoms with Crippen molar-refractivity contribution in [2.24, 2.45) is 0 Å². The maximum absolute atomic E-state index is 14.1. The average molecular weight is 584 g/mol. The number of aryl methyl sites for hydroxylation is 1. The molecule has 2 amide bonds. The lowest BCUT2D eigenvalue weighted by atomic mass is 10.1. The van der Waals surface area contributed by atoms with Crippen LogP contribution >= 0.6 is 0 Å². The summed E-state index contributed by atoms with van der Waals surface area (Å²) in [7, 11) is -2.70. The molecule has 0 saturated carbocycles. The van der Waals surface area contributed by atoms with E-state index in [2.05, 4.69) is 5.32 Å². The van der Waals surface area contributed by atoms with Crippen LogP contribution in [-0.2, 0) is 26.2 Å². The van der Waals surface area contributed by atoms with Gasteiger partial charge in [0.1, 0.15) is 24.2 Å². The van der Waals surface area contributed by atoms with E-state index in [-0.39, 0.29) is 23.0 Å². The second-order valence-electron chi connectivity index (χ2n) is 10.8. The number of amides is 2. The zero-order chi connectivity index (χ0) is 30.4. The number of benzene rings is 3. The van der Waals surface area contributed by atoms with E-state index in [4.69, 9.17) is 4.74 Å². The summed E-state index contributed by atoms with van der Waals surface area (Å²) in [6, 6.07) is 17.4. The predicted octanol–water partition coefficient (Wildman–Crippen LogP) is 5.06. The molecule has 1 N–H and O–H groups in total. The van der Waals surface area contributed by atoms with Crippen molar-refractivity contribution in [1.82, 2.24) is 10.2 Å². The van der Waals surface area contributed by atoms with Crippen LogP contribution in [0.15, 0.2) is 77.7 Å². The van der Waals surface area contributed by atoms with Gasteiger partial charge in [-0.15, -0.1) is 0 Å². The summed E-state index contributed by atoms with van der Waals surface area (Å²) in [5.41, 5.74) is 1.14. The summed E-state index contributed by atoms with van der Waals surface area (Å²) >= 11 is 0. The van der Waals surface area contributed by atoms with Gasteiger partial charge >= 0.3 is 0 Å². The first kappa shape index (κ1) is 31.6. The Kier molecular flexibility index (Phi) is 10.1. The first-order valence-electron chi connectivity index (χ1n) is 13.3. The summed E-state index contributed by atoms with van der Waals surface area (Å²) in [5.74, 6) is -0.913. The topological polar surface area (TPSA) is 96.0 Å². The molecular formula is C31H38FN3O5S. The number of ether oxygens (including phenoxy) is 1. The van der Waals surface area contributed by atoms with Crippen molar-refractivity contribution in [1.29, 1.82) is 0 Å². The minimum Gasteiger partial charge on any atom is -0.497 e. The molecule has 0 aliphatic rings. The van der Waals surface area contributed by atoms with Crippen molar-refractivity contribution < 1.29 is 27.1 Å². The molecule has 0 heterocycles. The van der Waals surface area contributed by atoms with E-state index in [0.717, 1.165) is 22.0 Å². The number of methoxy groups -OCH3 is 1. The smallest absolute Gasteiger partial charge is 0.264 e. The van der Waals surface area contributed by atoms with Crippen LogP contribution in [0.2, 0.25) is 0 Å². The van der Waals surface area contributed by atoms with Gasteiger partial charge in [0.05, 0.1) is 17.7 Å². The van der Waals surface area contributed by atoms with Crippen LogP contribution in [0.25, 0.3) is 0 Å². The van der Waals surface area contributed by atoms with Crippen LogP contribution in [-0.4, -0.2) is 50.4 Å². The van der Waals surface area contributed by atoms with Crippen LogP contribution in [0.3, 0.4) is 0 Å². The summed E-state index contributed by atoms with van der Waals surface area (Å²) in [5, 5.41) is 2.94. The molecule has 0 bridgehead atoms. The van der Waals surface area contributed by atoms with Crippen molar-refractivity contribution >= 4 is 27.5 Å². The number of hydrogen-bond acceptors (Lipinski definition) is 5. The van der Waals surface area contributed by atoms with Crippen LogP contribution in [0.4, 0.5) is 10.1 Å². The monoisotopic (exact) mass is 583 g/mol. The molecule has 41 heavy (non-hydrogen) atoms. The molecule has 3 aromatic rings. The van der Waals surface area contributed by atoms with E-state index in [1.807, 2.05) is 27.7 Å². The zero-order valence-electron chi connectivity index (χ0n) is 24.3. The van der Waals surface area contributed by atoms with Gasteiger partial charge in [0.25, 0.3) is 10.0 Å². The molecule has 0 unspecified atom stereocenters.